The fraction of sp³-hybridized carbons (Fsp3) is 0.0938. The molecule has 0 saturated carbocycles. The van der Waals surface area contributed by atoms with Crippen LogP contribution in [0.1, 0.15) is 22.8 Å². The topological polar surface area (TPSA) is 96.5 Å². The van der Waals surface area contributed by atoms with E-state index < -0.39 is 11.8 Å². The van der Waals surface area contributed by atoms with Gasteiger partial charge < -0.3 is 20.7 Å². The number of benzene rings is 4. The van der Waals surface area contributed by atoms with E-state index in [2.05, 4.69) is 31.9 Å². The average molecular weight is 631 g/mol. The molecule has 208 valence electrons. The van der Waals surface area contributed by atoms with Crippen LogP contribution in [0.4, 0.5) is 11.4 Å². The molecule has 3 amide bonds. The lowest BCUT2D eigenvalue weighted by Crippen LogP contribution is -2.30. The highest BCUT2D eigenvalue weighted by atomic mass is 79.9. The summed E-state index contributed by atoms with van der Waals surface area (Å²) in [5.74, 6) is -0.279. The Bertz CT molecular complexity index is 1540. The van der Waals surface area contributed by atoms with E-state index in [-0.39, 0.29) is 16.9 Å². The number of ether oxygens (including phenoxy) is 1. The predicted molar refractivity (Wildman–Crippen MR) is 168 cm³/mol. The highest BCUT2D eigenvalue weighted by Gasteiger charge is 2.17. The van der Waals surface area contributed by atoms with Gasteiger partial charge in [0, 0.05) is 26.3 Å². The zero-order valence-corrected chi connectivity index (χ0v) is 24.8. The van der Waals surface area contributed by atoms with E-state index in [1.807, 2.05) is 49.4 Å². The molecular formula is C32H28BrN3O4S. The molecule has 9 heteroatoms. The van der Waals surface area contributed by atoms with Gasteiger partial charge in [-0.15, -0.1) is 11.8 Å². The van der Waals surface area contributed by atoms with Gasteiger partial charge in [-0.25, -0.2) is 0 Å². The molecule has 0 aliphatic heterocycles. The lowest BCUT2D eigenvalue weighted by Gasteiger charge is -2.14. The van der Waals surface area contributed by atoms with Gasteiger partial charge in [-0.1, -0.05) is 46.3 Å². The molecule has 4 aromatic rings. The fourth-order valence-corrected chi connectivity index (χ4v) is 4.98. The molecule has 1 unspecified atom stereocenters. The molecule has 0 saturated heterocycles. The second kappa shape index (κ2) is 14.3. The summed E-state index contributed by atoms with van der Waals surface area (Å²) >= 11 is 4.84. The first-order chi connectivity index (χ1) is 19.8. The minimum atomic E-state index is -0.470. The van der Waals surface area contributed by atoms with Gasteiger partial charge >= 0.3 is 0 Å². The van der Waals surface area contributed by atoms with E-state index in [0.717, 1.165) is 14.9 Å². The SMILES string of the molecule is COc1ccc(NC(=O)C(C)Sc2ccc(NC(=O)/C(=C/c3cccc(Br)c3)NC(=O)c3ccccc3)cc2)cc1. The van der Waals surface area contributed by atoms with Crippen LogP contribution < -0.4 is 20.7 Å². The van der Waals surface area contributed by atoms with E-state index >= 15 is 0 Å². The number of carbonyl (C=O) groups excluding carboxylic acids is 3. The molecule has 0 aliphatic rings. The third-order valence-electron chi connectivity index (χ3n) is 5.84. The molecular weight excluding hydrogens is 602 g/mol. The number of nitrogens with one attached hydrogen (secondary N) is 3. The van der Waals surface area contributed by atoms with Crippen LogP contribution in [0.3, 0.4) is 0 Å². The lowest BCUT2D eigenvalue weighted by molar-refractivity contribution is -0.115. The number of methoxy groups -OCH3 is 1. The first-order valence-electron chi connectivity index (χ1n) is 12.7. The minimum Gasteiger partial charge on any atom is -0.497 e. The summed E-state index contributed by atoms with van der Waals surface area (Å²) in [6.45, 7) is 1.83. The molecule has 0 aromatic heterocycles. The van der Waals surface area contributed by atoms with Gasteiger partial charge in [0.1, 0.15) is 11.4 Å². The minimum absolute atomic E-state index is 0.0965. The van der Waals surface area contributed by atoms with Crippen LogP contribution in [0.15, 0.2) is 118 Å². The lowest BCUT2D eigenvalue weighted by atomic mass is 10.1. The van der Waals surface area contributed by atoms with Crippen LogP contribution in [0, 0.1) is 0 Å². The van der Waals surface area contributed by atoms with Crippen molar-refractivity contribution >= 4 is 62.9 Å². The van der Waals surface area contributed by atoms with Crippen molar-refractivity contribution in [1.82, 2.24) is 5.32 Å². The van der Waals surface area contributed by atoms with Crippen molar-refractivity contribution in [3.8, 4) is 5.75 Å². The quantitative estimate of drug-likeness (QED) is 0.130. The van der Waals surface area contributed by atoms with Gasteiger partial charge in [-0.05, 0) is 91.4 Å². The summed E-state index contributed by atoms with van der Waals surface area (Å²) in [4.78, 5) is 39.6. The Morgan fingerprint density at radius 1 is 0.829 bits per heavy atom. The number of amides is 3. The smallest absolute Gasteiger partial charge is 0.272 e. The molecule has 0 aliphatic carbocycles. The Morgan fingerprint density at radius 3 is 2.15 bits per heavy atom. The molecule has 0 fully saturated rings. The van der Waals surface area contributed by atoms with E-state index in [1.165, 1.54) is 11.8 Å². The summed E-state index contributed by atoms with van der Waals surface area (Å²) in [7, 11) is 1.59. The van der Waals surface area contributed by atoms with Crippen LogP contribution in [0.25, 0.3) is 6.08 Å². The Kier molecular flexibility index (Phi) is 10.4. The average Bonchev–Trinajstić information content (AvgIpc) is 2.98. The van der Waals surface area contributed by atoms with Crippen molar-refractivity contribution in [2.45, 2.75) is 17.1 Å². The second-order valence-electron chi connectivity index (χ2n) is 8.89. The summed E-state index contributed by atoms with van der Waals surface area (Å²) in [6, 6.07) is 30.4. The van der Waals surface area contributed by atoms with Gasteiger partial charge in [-0.2, -0.15) is 0 Å². The van der Waals surface area contributed by atoms with Crippen molar-refractivity contribution in [2.75, 3.05) is 17.7 Å². The molecule has 0 heterocycles. The zero-order valence-electron chi connectivity index (χ0n) is 22.4. The van der Waals surface area contributed by atoms with E-state index in [0.29, 0.717) is 22.7 Å². The standard InChI is InChI=1S/C32H28BrN3O4S/c1-21(30(37)34-25-11-15-27(40-2)16-12-25)41-28-17-13-26(14-18-28)35-32(39)29(20-22-7-6-10-24(33)19-22)36-31(38)23-8-4-3-5-9-23/h3-21H,1-2H3,(H,34,37)(H,35,39)(H,36,38)/b29-20-. The van der Waals surface area contributed by atoms with Gasteiger partial charge in [0.25, 0.3) is 11.8 Å². The van der Waals surface area contributed by atoms with E-state index in [9.17, 15) is 14.4 Å². The van der Waals surface area contributed by atoms with Crippen molar-refractivity contribution in [3.05, 3.63) is 124 Å². The first-order valence-corrected chi connectivity index (χ1v) is 14.3. The number of anilines is 2. The van der Waals surface area contributed by atoms with Gasteiger partial charge in [0.15, 0.2) is 0 Å². The monoisotopic (exact) mass is 629 g/mol. The second-order valence-corrected chi connectivity index (χ2v) is 11.2. The molecule has 0 radical (unpaired) electrons. The Hall–Kier alpha value is -4.34. The molecule has 4 rings (SSSR count). The number of hydrogen-bond donors (Lipinski definition) is 3. The van der Waals surface area contributed by atoms with Crippen LogP contribution in [-0.2, 0) is 9.59 Å². The highest BCUT2D eigenvalue weighted by Crippen LogP contribution is 2.26. The number of rotatable bonds is 10. The molecule has 4 aromatic carbocycles. The Balaban J connectivity index is 1.41. The van der Waals surface area contributed by atoms with Crippen molar-refractivity contribution in [2.24, 2.45) is 0 Å². The third kappa shape index (κ3) is 8.83. The Morgan fingerprint density at radius 2 is 1.49 bits per heavy atom. The summed E-state index contributed by atoms with van der Waals surface area (Å²) in [6.07, 6.45) is 1.62. The van der Waals surface area contributed by atoms with Crippen LogP contribution in [0.2, 0.25) is 0 Å². The van der Waals surface area contributed by atoms with E-state index in [1.54, 1.807) is 73.8 Å². The first kappa shape index (κ1) is 29.6. The molecule has 41 heavy (non-hydrogen) atoms. The molecule has 3 N–H and O–H groups in total. The van der Waals surface area contributed by atoms with Crippen LogP contribution >= 0.6 is 27.7 Å². The van der Waals surface area contributed by atoms with Crippen LogP contribution in [-0.4, -0.2) is 30.1 Å². The molecule has 0 bridgehead atoms. The zero-order chi connectivity index (χ0) is 29.2. The number of halogens is 1. The predicted octanol–water partition coefficient (Wildman–Crippen LogP) is 6.99. The molecule has 7 nitrogen and oxygen atoms in total. The van der Waals surface area contributed by atoms with Gasteiger partial charge in [-0.3, -0.25) is 14.4 Å². The highest BCUT2D eigenvalue weighted by molar-refractivity contribution is 9.10. The summed E-state index contributed by atoms with van der Waals surface area (Å²) < 4.78 is 5.99. The maximum Gasteiger partial charge on any atom is 0.272 e. The maximum absolute atomic E-state index is 13.3. The Labute approximate surface area is 251 Å². The van der Waals surface area contributed by atoms with Crippen molar-refractivity contribution in [1.29, 1.82) is 0 Å². The number of carbonyl (C=O) groups is 3. The molecule has 0 spiro atoms. The van der Waals surface area contributed by atoms with Crippen molar-refractivity contribution < 1.29 is 19.1 Å². The largest absolute Gasteiger partial charge is 0.497 e. The molecule has 1 atom stereocenters. The maximum atomic E-state index is 13.3. The number of hydrogen-bond acceptors (Lipinski definition) is 5. The normalized spacial score (nSPS) is 11.7. The van der Waals surface area contributed by atoms with Crippen molar-refractivity contribution in [3.63, 3.8) is 0 Å². The van der Waals surface area contributed by atoms with E-state index in [4.69, 9.17) is 4.74 Å². The number of thioether (sulfide) groups is 1. The fourth-order valence-electron chi connectivity index (χ4n) is 3.70. The summed E-state index contributed by atoms with van der Waals surface area (Å²) in [5.41, 5.74) is 2.51. The summed E-state index contributed by atoms with van der Waals surface area (Å²) in [5, 5.41) is 8.13. The van der Waals surface area contributed by atoms with Gasteiger partial charge in [0.2, 0.25) is 5.91 Å². The van der Waals surface area contributed by atoms with Crippen LogP contribution in [0.5, 0.6) is 5.75 Å². The van der Waals surface area contributed by atoms with Gasteiger partial charge in [0.05, 0.1) is 12.4 Å². The third-order valence-corrected chi connectivity index (χ3v) is 7.45.